The van der Waals surface area contributed by atoms with Crippen molar-refractivity contribution in [3.63, 3.8) is 0 Å². The molecule has 154 valence electrons. The molecule has 1 N–H and O–H groups in total. The van der Waals surface area contributed by atoms with Crippen molar-refractivity contribution in [1.29, 1.82) is 0 Å². The van der Waals surface area contributed by atoms with Crippen LogP contribution in [0.3, 0.4) is 0 Å². The Balaban J connectivity index is 1.38. The van der Waals surface area contributed by atoms with E-state index in [1.165, 1.54) is 11.3 Å². The molecule has 0 radical (unpaired) electrons. The fourth-order valence-corrected chi connectivity index (χ4v) is 5.23. The zero-order valence-corrected chi connectivity index (χ0v) is 17.8. The first kappa shape index (κ1) is 19.3. The van der Waals surface area contributed by atoms with Crippen LogP contribution in [0.5, 0.6) is 5.75 Å². The maximum atomic E-state index is 13.1. The highest BCUT2D eigenvalue weighted by Crippen LogP contribution is 2.44. The number of likely N-dealkylation sites (tertiary alicyclic amines) is 1. The van der Waals surface area contributed by atoms with Crippen LogP contribution >= 0.6 is 11.3 Å². The summed E-state index contributed by atoms with van der Waals surface area (Å²) < 4.78 is 6.50. The third kappa shape index (κ3) is 3.73. The number of piperidine rings is 1. The van der Waals surface area contributed by atoms with E-state index in [4.69, 9.17) is 4.74 Å². The molecule has 1 spiro atoms. The van der Waals surface area contributed by atoms with E-state index in [2.05, 4.69) is 28.3 Å². The maximum absolute atomic E-state index is 13.1. The van der Waals surface area contributed by atoms with E-state index in [0.717, 1.165) is 54.2 Å². The quantitative estimate of drug-likeness (QED) is 0.678. The predicted molar refractivity (Wildman–Crippen MR) is 119 cm³/mol. The normalized spacial score (nSPS) is 20.4. The number of carbonyl (C=O) groups is 1. The predicted octanol–water partition coefficient (Wildman–Crippen LogP) is 4.53. The second-order valence-corrected chi connectivity index (χ2v) is 9.28. The lowest BCUT2D eigenvalue weighted by molar-refractivity contribution is -0.0195. The molecule has 2 aromatic carbocycles. The van der Waals surface area contributed by atoms with Gasteiger partial charge in [0.25, 0.3) is 5.91 Å². The van der Waals surface area contributed by atoms with Gasteiger partial charge in [0.05, 0.1) is 12.2 Å². The molecule has 5 nitrogen and oxygen atoms in total. The largest absolute Gasteiger partial charge is 0.487 e. The molecule has 0 aliphatic carbocycles. The molecule has 3 heterocycles. The smallest absolute Gasteiger partial charge is 0.263 e. The summed E-state index contributed by atoms with van der Waals surface area (Å²) in [7, 11) is 2.15. The van der Waals surface area contributed by atoms with Gasteiger partial charge in [-0.1, -0.05) is 48.5 Å². The number of thiazole rings is 1. The number of aromatic nitrogens is 1. The summed E-state index contributed by atoms with van der Waals surface area (Å²) in [6, 6.07) is 18.0. The Kier molecular flexibility index (Phi) is 5.05. The average Bonchev–Trinajstić information content (AvgIpc) is 3.27. The first-order valence-electron chi connectivity index (χ1n) is 10.4. The van der Waals surface area contributed by atoms with Crippen LogP contribution in [0.25, 0.3) is 10.6 Å². The second-order valence-electron chi connectivity index (χ2n) is 8.25. The van der Waals surface area contributed by atoms with Crippen LogP contribution in [-0.4, -0.2) is 41.5 Å². The minimum atomic E-state index is -0.207. The number of carbonyl (C=O) groups excluding carboxylic acids is 1. The van der Waals surface area contributed by atoms with Crippen molar-refractivity contribution in [2.75, 3.05) is 20.1 Å². The molecule has 1 atom stereocenters. The number of hydrogen-bond donors (Lipinski definition) is 1. The summed E-state index contributed by atoms with van der Waals surface area (Å²) in [5.41, 5.74) is 1.88. The molecule has 1 amide bonds. The van der Waals surface area contributed by atoms with Gasteiger partial charge in [-0.15, -0.1) is 11.3 Å². The van der Waals surface area contributed by atoms with E-state index in [1.807, 2.05) is 48.5 Å². The minimum absolute atomic E-state index is 0.0619. The van der Waals surface area contributed by atoms with Gasteiger partial charge in [0, 0.05) is 30.6 Å². The van der Waals surface area contributed by atoms with Crippen molar-refractivity contribution in [1.82, 2.24) is 15.2 Å². The number of amides is 1. The van der Waals surface area contributed by atoms with Crippen LogP contribution in [-0.2, 0) is 0 Å². The van der Waals surface area contributed by atoms with Crippen molar-refractivity contribution in [3.05, 3.63) is 71.2 Å². The van der Waals surface area contributed by atoms with Crippen LogP contribution < -0.4 is 10.1 Å². The zero-order chi connectivity index (χ0) is 20.6. The Labute approximate surface area is 180 Å². The summed E-state index contributed by atoms with van der Waals surface area (Å²) in [5.74, 6) is 0.826. The molecule has 1 fully saturated rings. The molecule has 5 rings (SSSR count). The SMILES string of the molecule is CN1CCC2(CC1)CC(NC(=O)c1cnc(-c3ccccc3)s1)c1ccccc1O2. The van der Waals surface area contributed by atoms with Gasteiger partial charge in [0.2, 0.25) is 0 Å². The first-order valence-corrected chi connectivity index (χ1v) is 11.2. The van der Waals surface area contributed by atoms with Gasteiger partial charge < -0.3 is 15.0 Å². The number of ether oxygens (including phenoxy) is 1. The van der Waals surface area contributed by atoms with Gasteiger partial charge in [-0.3, -0.25) is 4.79 Å². The van der Waals surface area contributed by atoms with Crippen LogP contribution in [0.2, 0.25) is 0 Å². The van der Waals surface area contributed by atoms with Crippen molar-refractivity contribution in [2.24, 2.45) is 0 Å². The number of para-hydroxylation sites is 1. The minimum Gasteiger partial charge on any atom is -0.487 e. The highest BCUT2D eigenvalue weighted by molar-refractivity contribution is 7.16. The number of fused-ring (bicyclic) bond motifs is 1. The van der Waals surface area contributed by atoms with Gasteiger partial charge >= 0.3 is 0 Å². The lowest BCUT2D eigenvalue weighted by atomic mass is 9.80. The standard InChI is InChI=1S/C24H25N3O2S/c1-27-13-11-24(12-14-27)15-19(18-9-5-6-10-20(18)29-24)26-22(28)21-16-25-23(30-21)17-7-3-2-4-8-17/h2-10,16,19H,11-15H2,1H3,(H,26,28). The number of hydrogen-bond acceptors (Lipinski definition) is 5. The number of benzene rings is 2. The molecule has 0 bridgehead atoms. The maximum Gasteiger partial charge on any atom is 0.263 e. The molecular weight excluding hydrogens is 394 g/mol. The van der Waals surface area contributed by atoms with Gasteiger partial charge in [0.15, 0.2) is 0 Å². The highest BCUT2D eigenvalue weighted by Gasteiger charge is 2.43. The second kappa shape index (κ2) is 7.85. The van der Waals surface area contributed by atoms with E-state index in [0.29, 0.717) is 4.88 Å². The Bertz CT molecular complexity index is 1040. The summed E-state index contributed by atoms with van der Waals surface area (Å²) in [4.78, 5) is 20.5. The third-order valence-corrected chi connectivity index (χ3v) is 7.20. The molecule has 2 aliphatic rings. The summed E-state index contributed by atoms with van der Waals surface area (Å²) in [5, 5.41) is 4.14. The van der Waals surface area contributed by atoms with Crippen LogP contribution in [0, 0.1) is 0 Å². The molecular formula is C24H25N3O2S. The zero-order valence-electron chi connectivity index (χ0n) is 17.0. The van der Waals surface area contributed by atoms with Crippen molar-refractivity contribution in [3.8, 4) is 16.3 Å². The monoisotopic (exact) mass is 419 g/mol. The van der Waals surface area contributed by atoms with Crippen LogP contribution in [0.4, 0.5) is 0 Å². The van der Waals surface area contributed by atoms with Gasteiger partial charge in [-0.05, 0) is 26.0 Å². The highest BCUT2D eigenvalue weighted by atomic mass is 32.1. The average molecular weight is 420 g/mol. The molecule has 30 heavy (non-hydrogen) atoms. The topological polar surface area (TPSA) is 54.5 Å². The Morgan fingerprint density at radius 1 is 1.13 bits per heavy atom. The van der Waals surface area contributed by atoms with E-state index in [1.54, 1.807) is 6.20 Å². The van der Waals surface area contributed by atoms with Crippen molar-refractivity contribution >= 4 is 17.2 Å². The lowest BCUT2D eigenvalue weighted by Gasteiger charge is -2.46. The molecule has 1 unspecified atom stereocenters. The van der Waals surface area contributed by atoms with E-state index in [9.17, 15) is 4.79 Å². The molecule has 6 heteroatoms. The Hall–Kier alpha value is -2.70. The number of rotatable bonds is 3. The van der Waals surface area contributed by atoms with Crippen LogP contribution in [0.15, 0.2) is 60.8 Å². The number of nitrogens with zero attached hydrogens (tertiary/aromatic N) is 2. The van der Waals surface area contributed by atoms with E-state index < -0.39 is 0 Å². The summed E-state index contributed by atoms with van der Waals surface area (Å²) >= 11 is 1.43. The summed E-state index contributed by atoms with van der Waals surface area (Å²) in [6.45, 7) is 2.02. The van der Waals surface area contributed by atoms with Gasteiger partial charge in [-0.2, -0.15) is 0 Å². The fraction of sp³-hybridized carbons (Fsp3) is 0.333. The third-order valence-electron chi connectivity index (χ3n) is 6.15. The Morgan fingerprint density at radius 3 is 2.67 bits per heavy atom. The van der Waals surface area contributed by atoms with Gasteiger partial charge in [-0.25, -0.2) is 4.98 Å². The fourth-order valence-electron chi connectivity index (χ4n) is 4.40. The van der Waals surface area contributed by atoms with Crippen molar-refractivity contribution in [2.45, 2.75) is 30.9 Å². The first-order chi connectivity index (χ1) is 14.6. The molecule has 1 saturated heterocycles. The summed E-state index contributed by atoms with van der Waals surface area (Å²) in [6.07, 6.45) is 4.43. The van der Waals surface area contributed by atoms with Gasteiger partial charge in [0.1, 0.15) is 21.2 Å². The Morgan fingerprint density at radius 2 is 1.87 bits per heavy atom. The molecule has 3 aromatic rings. The van der Waals surface area contributed by atoms with Crippen molar-refractivity contribution < 1.29 is 9.53 Å². The van der Waals surface area contributed by atoms with E-state index >= 15 is 0 Å². The lowest BCUT2D eigenvalue weighted by Crippen LogP contribution is -2.51. The molecule has 1 aromatic heterocycles. The van der Waals surface area contributed by atoms with E-state index in [-0.39, 0.29) is 17.6 Å². The molecule has 0 saturated carbocycles. The number of nitrogens with one attached hydrogen (secondary N) is 1. The molecule has 2 aliphatic heterocycles. The van der Waals surface area contributed by atoms with Crippen LogP contribution in [0.1, 0.15) is 40.5 Å².